The molecule has 0 heterocycles. The molecule has 2 N–H and O–H groups in total. The van der Waals surface area contributed by atoms with Crippen molar-refractivity contribution in [3.63, 3.8) is 0 Å². The van der Waals surface area contributed by atoms with E-state index < -0.39 is 11.6 Å². The van der Waals surface area contributed by atoms with Crippen LogP contribution < -0.4 is 5.73 Å². The molecule has 0 saturated heterocycles. The van der Waals surface area contributed by atoms with Crippen LogP contribution in [0.3, 0.4) is 0 Å². The molecule has 0 amide bonds. The van der Waals surface area contributed by atoms with Crippen LogP contribution in [0.1, 0.15) is 11.1 Å². The summed E-state index contributed by atoms with van der Waals surface area (Å²) in [6.45, 7) is 0. The van der Waals surface area contributed by atoms with Gasteiger partial charge in [0.25, 0.3) is 0 Å². The van der Waals surface area contributed by atoms with E-state index in [0.717, 1.165) is 11.6 Å². The Morgan fingerprint density at radius 1 is 1.00 bits per heavy atom. The van der Waals surface area contributed by atoms with Crippen LogP contribution in [-0.2, 0) is 12.8 Å². The Morgan fingerprint density at radius 2 is 1.70 bits per heavy atom. The summed E-state index contributed by atoms with van der Waals surface area (Å²) in [5, 5.41) is 1.07. The molecule has 0 fully saturated rings. The highest BCUT2D eigenvalue weighted by molar-refractivity contribution is 6.35. The summed E-state index contributed by atoms with van der Waals surface area (Å²) in [6.07, 6.45) is 0.703. The minimum Gasteiger partial charge on any atom is -0.327 e. The molecular formula is C15H13Cl2F2N. The Bertz CT molecular complexity index is 617. The van der Waals surface area contributed by atoms with Crippen LogP contribution in [0.25, 0.3) is 0 Å². The highest BCUT2D eigenvalue weighted by Crippen LogP contribution is 2.23. The SMILES string of the molecule is NC(Cc1ccc(Cl)cc1Cl)Cc1cccc(F)c1F. The molecular weight excluding hydrogens is 303 g/mol. The molecule has 106 valence electrons. The summed E-state index contributed by atoms with van der Waals surface area (Å²) in [5.41, 5.74) is 7.08. The number of nitrogens with two attached hydrogens (primary N) is 1. The smallest absolute Gasteiger partial charge is 0.162 e. The predicted molar refractivity (Wildman–Crippen MR) is 78.2 cm³/mol. The third kappa shape index (κ3) is 3.69. The average Bonchev–Trinajstić information content (AvgIpc) is 2.38. The molecule has 0 aliphatic rings. The molecule has 0 bridgehead atoms. The van der Waals surface area contributed by atoms with E-state index in [4.69, 9.17) is 28.9 Å². The highest BCUT2D eigenvalue weighted by atomic mass is 35.5. The lowest BCUT2D eigenvalue weighted by atomic mass is 9.99. The molecule has 0 aromatic heterocycles. The Hall–Kier alpha value is -1.16. The monoisotopic (exact) mass is 315 g/mol. The second-order valence-electron chi connectivity index (χ2n) is 4.62. The zero-order valence-corrected chi connectivity index (χ0v) is 12.1. The first kappa shape index (κ1) is 15.2. The van der Waals surface area contributed by atoms with Gasteiger partial charge in [-0.15, -0.1) is 0 Å². The van der Waals surface area contributed by atoms with Gasteiger partial charge in [0.1, 0.15) is 0 Å². The van der Waals surface area contributed by atoms with Crippen LogP contribution in [0.15, 0.2) is 36.4 Å². The summed E-state index contributed by atoms with van der Waals surface area (Å²) < 4.78 is 26.7. The maximum atomic E-state index is 13.6. The van der Waals surface area contributed by atoms with Crippen molar-refractivity contribution in [2.75, 3.05) is 0 Å². The van der Waals surface area contributed by atoms with E-state index >= 15 is 0 Å². The van der Waals surface area contributed by atoms with E-state index in [0.29, 0.717) is 16.5 Å². The van der Waals surface area contributed by atoms with Gasteiger partial charge in [0.05, 0.1) is 0 Å². The molecule has 5 heteroatoms. The predicted octanol–water partition coefficient (Wildman–Crippen LogP) is 4.38. The molecule has 2 aromatic rings. The number of rotatable bonds is 4. The van der Waals surface area contributed by atoms with Crippen LogP contribution >= 0.6 is 23.2 Å². The Balaban J connectivity index is 2.09. The van der Waals surface area contributed by atoms with Crippen LogP contribution in [-0.4, -0.2) is 6.04 Å². The van der Waals surface area contributed by atoms with E-state index in [1.165, 1.54) is 12.1 Å². The number of halogens is 4. The van der Waals surface area contributed by atoms with Crippen molar-refractivity contribution in [1.82, 2.24) is 0 Å². The fourth-order valence-electron chi connectivity index (χ4n) is 2.03. The lowest BCUT2D eigenvalue weighted by Crippen LogP contribution is -2.26. The second-order valence-corrected chi connectivity index (χ2v) is 5.46. The van der Waals surface area contributed by atoms with Crippen LogP contribution in [0.4, 0.5) is 8.78 Å². The maximum absolute atomic E-state index is 13.6. The quantitative estimate of drug-likeness (QED) is 0.890. The van der Waals surface area contributed by atoms with Gasteiger partial charge in [-0.05, 0) is 42.2 Å². The summed E-state index contributed by atoms with van der Waals surface area (Å²) in [5.74, 6) is -1.70. The van der Waals surface area contributed by atoms with Gasteiger partial charge in [0, 0.05) is 16.1 Å². The molecule has 0 aliphatic heterocycles. The van der Waals surface area contributed by atoms with Crippen molar-refractivity contribution in [3.05, 3.63) is 69.2 Å². The first-order chi connectivity index (χ1) is 9.47. The third-order valence-electron chi connectivity index (χ3n) is 3.01. The molecule has 1 nitrogen and oxygen atoms in total. The lowest BCUT2D eigenvalue weighted by molar-refractivity contribution is 0.492. The lowest BCUT2D eigenvalue weighted by Gasteiger charge is -2.13. The van der Waals surface area contributed by atoms with E-state index in [1.807, 2.05) is 0 Å². The van der Waals surface area contributed by atoms with Crippen molar-refractivity contribution in [1.29, 1.82) is 0 Å². The second kappa shape index (κ2) is 6.53. The average molecular weight is 316 g/mol. The molecule has 0 radical (unpaired) electrons. The zero-order chi connectivity index (χ0) is 14.7. The summed E-state index contributed by atoms with van der Waals surface area (Å²) in [7, 11) is 0. The normalized spacial score (nSPS) is 12.4. The fraction of sp³-hybridized carbons (Fsp3) is 0.200. The van der Waals surface area contributed by atoms with Gasteiger partial charge in [-0.2, -0.15) is 0 Å². The Morgan fingerprint density at radius 3 is 2.40 bits per heavy atom. The minimum atomic E-state index is -0.862. The van der Waals surface area contributed by atoms with Gasteiger partial charge < -0.3 is 5.73 Å². The third-order valence-corrected chi connectivity index (χ3v) is 3.60. The van der Waals surface area contributed by atoms with Crippen LogP contribution in [0.2, 0.25) is 10.0 Å². The maximum Gasteiger partial charge on any atom is 0.162 e. The van der Waals surface area contributed by atoms with Gasteiger partial charge in [-0.3, -0.25) is 0 Å². The van der Waals surface area contributed by atoms with E-state index in [1.54, 1.807) is 18.2 Å². The van der Waals surface area contributed by atoms with Crippen molar-refractivity contribution >= 4 is 23.2 Å². The van der Waals surface area contributed by atoms with E-state index in [9.17, 15) is 8.78 Å². The molecule has 1 atom stereocenters. The first-order valence-electron chi connectivity index (χ1n) is 6.09. The van der Waals surface area contributed by atoms with E-state index in [-0.39, 0.29) is 18.0 Å². The highest BCUT2D eigenvalue weighted by Gasteiger charge is 2.13. The number of hydrogen-bond donors (Lipinski definition) is 1. The van der Waals surface area contributed by atoms with Gasteiger partial charge in [-0.1, -0.05) is 41.4 Å². The minimum absolute atomic E-state index is 0.239. The summed E-state index contributed by atoms with van der Waals surface area (Å²) in [4.78, 5) is 0. The molecule has 2 aromatic carbocycles. The Kier molecular flexibility index (Phi) is 4.97. The van der Waals surface area contributed by atoms with E-state index in [2.05, 4.69) is 0 Å². The zero-order valence-electron chi connectivity index (χ0n) is 10.5. The van der Waals surface area contributed by atoms with Crippen molar-refractivity contribution in [2.45, 2.75) is 18.9 Å². The topological polar surface area (TPSA) is 26.0 Å². The van der Waals surface area contributed by atoms with Gasteiger partial charge in [-0.25, -0.2) is 8.78 Å². The molecule has 0 spiro atoms. The summed E-state index contributed by atoms with van der Waals surface area (Å²) in [6, 6.07) is 8.86. The standard InChI is InChI=1S/C15H13Cl2F2N/c16-11-5-4-9(13(17)8-11)6-12(20)7-10-2-1-3-14(18)15(10)19/h1-5,8,12H,6-7,20H2. The molecule has 0 saturated carbocycles. The van der Waals surface area contributed by atoms with Crippen LogP contribution in [0, 0.1) is 11.6 Å². The van der Waals surface area contributed by atoms with Crippen molar-refractivity contribution < 1.29 is 8.78 Å². The number of hydrogen-bond acceptors (Lipinski definition) is 1. The van der Waals surface area contributed by atoms with Crippen LogP contribution in [0.5, 0.6) is 0 Å². The number of benzene rings is 2. The molecule has 20 heavy (non-hydrogen) atoms. The molecule has 0 aliphatic carbocycles. The fourth-order valence-corrected chi connectivity index (χ4v) is 2.52. The van der Waals surface area contributed by atoms with Gasteiger partial charge >= 0.3 is 0 Å². The van der Waals surface area contributed by atoms with Gasteiger partial charge in [0.15, 0.2) is 11.6 Å². The molecule has 2 rings (SSSR count). The van der Waals surface area contributed by atoms with Crippen molar-refractivity contribution in [2.24, 2.45) is 5.73 Å². The van der Waals surface area contributed by atoms with Gasteiger partial charge in [0.2, 0.25) is 0 Å². The summed E-state index contributed by atoms with van der Waals surface area (Å²) >= 11 is 11.9. The van der Waals surface area contributed by atoms with Crippen molar-refractivity contribution in [3.8, 4) is 0 Å². The Labute approximate surface area is 126 Å². The first-order valence-corrected chi connectivity index (χ1v) is 6.85. The molecule has 1 unspecified atom stereocenters. The largest absolute Gasteiger partial charge is 0.327 e.